The molecule has 28 heavy (non-hydrogen) atoms. The minimum atomic E-state index is -3.83. The highest BCUT2D eigenvalue weighted by atomic mass is 32.2. The summed E-state index contributed by atoms with van der Waals surface area (Å²) in [6, 6.07) is 22.6. The molecule has 1 heterocycles. The summed E-state index contributed by atoms with van der Waals surface area (Å²) < 4.78 is 41.4. The van der Waals surface area contributed by atoms with Gasteiger partial charge < -0.3 is 4.98 Å². The van der Waals surface area contributed by atoms with E-state index in [2.05, 4.69) is 9.71 Å². The van der Waals surface area contributed by atoms with Crippen LogP contribution in [0, 0.1) is 5.82 Å². The number of hydrogen-bond donors (Lipinski definition) is 2. The summed E-state index contributed by atoms with van der Waals surface area (Å²) >= 11 is 0. The Labute approximate surface area is 163 Å². The van der Waals surface area contributed by atoms with Crippen molar-refractivity contribution in [3.63, 3.8) is 0 Å². The number of aromatic amines is 1. The molecule has 0 aliphatic rings. The van der Waals surface area contributed by atoms with Crippen molar-refractivity contribution < 1.29 is 12.8 Å². The number of rotatable bonds is 6. The second kappa shape index (κ2) is 7.58. The summed E-state index contributed by atoms with van der Waals surface area (Å²) in [7, 11) is -3.83. The minimum absolute atomic E-state index is 0.0850. The molecule has 0 aliphatic heterocycles. The summed E-state index contributed by atoms with van der Waals surface area (Å²) in [4.78, 5) is 3.16. The molecule has 1 aromatic heterocycles. The van der Waals surface area contributed by atoms with Crippen LogP contribution < -0.4 is 4.72 Å². The summed E-state index contributed by atoms with van der Waals surface area (Å²) in [6.07, 6.45) is 1.92. The number of nitrogens with one attached hydrogen (secondary N) is 2. The predicted molar refractivity (Wildman–Crippen MR) is 108 cm³/mol. The first-order valence-corrected chi connectivity index (χ1v) is 10.4. The topological polar surface area (TPSA) is 62.0 Å². The van der Waals surface area contributed by atoms with Gasteiger partial charge in [-0.25, -0.2) is 17.5 Å². The van der Waals surface area contributed by atoms with Gasteiger partial charge in [0.1, 0.15) is 5.82 Å². The number of halogens is 1. The number of para-hydroxylation sites is 1. The third kappa shape index (κ3) is 3.69. The molecule has 0 radical (unpaired) electrons. The Balaban J connectivity index is 1.69. The normalized spacial score (nSPS) is 12.9. The highest BCUT2D eigenvalue weighted by Crippen LogP contribution is 2.30. The molecule has 2 N–H and O–H groups in total. The van der Waals surface area contributed by atoms with Gasteiger partial charge in [-0.15, -0.1) is 0 Å². The number of aromatic nitrogens is 1. The minimum Gasteiger partial charge on any atom is -0.361 e. The van der Waals surface area contributed by atoms with Gasteiger partial charge in [-0.1, -0.05) is 54.6 Å². The van der Waals surface area contributed by atoms with Crippen LogP contribution in [-0.4, -0.2) is 19.9 Å². The third-order valence-electron chi connectivity index (χ3n) is 4.78. The zero-order valence-corrected chi connectivity index (χ0v) is 15.8. The van der Waals surface area contributed by atoms with E-state index < -0.39 is 15.8 Å². The van der Waals surface area contributed by atoms with Crippen LogP contribution in [0.1, 0.15) is 17.0 Å². The molecule has 3 aromatic carbocycles. The van der Waals surface area contributed by atoms with Crippen molar-refractivity contribution >= 4 is 20.9 Å². The fourth-order valence-corrected chi connectivity index (χ4v) is 4.46. The SMILES string of the molecule is O=S(=O)(NCC(c1ccccc1)c1c[nH]c2ccccc12)c1cccc(F)c1. The van der Waals surface area contributed by atoms with Gasteiger partial charge in [-0.2, -0.15) is 0 Å². The van der Waals surface area contributed by atoms with Gasteiger partial charge in [0, 0.05) is 29.6 Å². The van der Waals surface area contributed by atoms with E-state index in [4.69, 9.17) is 0 Å². The summed E-state index contributed by atoms with van der Waals surface area (Å²) in [5, 5.41) is 1.04. The highest BCUT2D eigenvalue weighted by Gasteiger charge is 2.22. The van der Waals surface area contributed by atoms with Crippen molar-refractivity contribution in [2.24, 2.45) is 0 Å². The number of hydrogen-bond acceptors (Lipinski definition) is 2. The zero-order chi connectivity index (χ0) is 19.6. The molecule has 0 fully saturated rings. The molecular weight excluding hydrogens is 375 g/mol. The van der Waals surface area contributed by atoms with E-state index in [1.165, 1.54) is 18.2 Å². The second-order valence-corrected chi connectivity index (χ2v) is 8.33. The van der Waals surface area contributed by atoms with Crippen LogP contribution in [0.3, 0.4) is 0 Å². The molecule has 4 nitrogen and oxygen atoms in total. The molecule has 1 unspecified atom stereocenters. The van der Waals surface area contributed by atoms with E-state index in [1.54, 1.807) is 0 Å². The van der Waals surface area contributed by atoms with Crippen LogP contribution in [0.15, 0.2) is 90.0 Å². The van der Waals surface area contributed by atoms with Gasteiger partial charge >= 0.3 is 0 Å². The average Bonchev–Trinajstić information content (AvgIpc) is 3.13. The van der Waals surface area contributed by atoms with Gasteiger partial charge in [0.2, 0.25) is 10.0 Å². The second-order valence-electron chi connectivity index (χ2n) is 6.56. The molecular formula is C22H19FN2O2S. The molecule has 0 bridgehead atoms. The standard InChI is InChI=1S/C22H19FN2O2S/c23-17-9-6-10-18(13-17)28(26,27)25-15-20(16-7-2-1-3-8-16)21-14-24-22-12-5-4-11-19(21)22/h1-14,20,24-25H,15H2. The molecule has 4 aromatic rings. The van der Waals surface area contributed by atoms with Crippen LogP contribution >= 0.6 is 0 Å². The Morgan fingerprint density at radius 1 is 0.929 bits per heavy atom. The van der Waals surface area contributed by atoms with E-state index in [-0.39, 0.29) is 17.4 Å². The maximum absolute atomic E-state index is 13.5. The number of fused-ring (bicyclic) bond motifs is 1. The summed E-state index contributed by atoms with van der Waals surface area (Å²) in [5.41, 5.74) is 2.99. The Morgan fingerprint density at radius 2 is 1.68 bits per heavy atom. The predicted octanol–water partition coefficient (Wildman–Crippen LogP) is 4.42. The van der Waals surface area contributed by atoms with E-state index >= 15 is 0 Å². The lowest BCUT2D eigenvalue weighted by atomic mass is 9.91. The Kier molecular flexibility index (Phi) is 4.98. The lowest BCUT2D eigenvalue weighted by Gasteiger charge is -2.18. The molecule has 0 saturated heterocycles. The Hall–Kier alpha value is -2.96. The lowest BCUT2D eigenvalue weighted by Crippen LogP contribution is -2.29. The zero-order valence-electron chi connectivity index (χ0n) is 15.0. The summed E-state index contributed by atoms with van der Waals surface area (Å²) in [5.74, 6) is -0.778. The average molecular weight is 394 g/mol. The van der Waals surface area contributed by atoms with Gasteiger partial charge in [-0.3, -0.25) is 0 Å². The number of sulfonamides is 1. The smallest absolute Gasteiger partial charge is 0.240 e. The maximum Gasteiger partial charge on any atom is 0.240 e. The van der Waals surface area contributed by atoms with Crippen LogP contribution in [0.4, 0.5) is 4.39 Å². The number of H-pyrrole nitrogens is 1. The largest absolute Gasteiger partial charge is 0.361 e. The van der Waals surface area contributed by atoms with Crippen LogP contribution in [0.25, 0.3) is 10.9 Å². The summed E-state index contributed by atoms with van der Waals surface area (Å²) in [6.45, 7) is 0.157. The number of benzene rings is 3. The van der Waals surface area contributed by atoms with Crippen molar-refractivity contribution in [2.45, 2.75) is 10.8 Å². The first kappa shape index (κ1) is 18.4. The molecule has 0 spiro atoms. The van der Waals surface area contributed by atoms with E-state index in [1.807, 2.05) is 60.8 Å². The van der Waals surface area contributed by atoms with E-state index in [9.17, 15) is 12.8 Å². The van der Waals surface area contributed by atoms with Crippen molar-refractivity contribution in [3.05, 3.63) is 102 Å². The molecule has 1 atom stereocenters. The fourth-order valence-electron chi connectivity index (χ4n) is 3.39. The monoisotopic (exact) mass is 394 g/mol. The molecule has 0 amide bonds. The van der Waals surface area contributed by atoms with Gasteiger partial charge in [-0.05, 0) is 35.4 Å². The maximum atomic E-state index is 13.5. The van der Waals surface area contributed by atoms with E-state index in [0.717, 1.165) is 28.1 Å². The molecule has 0 saturated carbocycles. The Bertz CT molecular complexity index is 1200. The lowest BCUT2D eigenvalue weighted by molar-refractivity contribution is 0.574. The van der Waals surface area contributed by atoms with Gasteiger partial charge in [0.25, 0.3) is 0 Å². The van der Waals surface area contributed by atoms with Crippen LogP contribution in [0.2, 0.25) is 0 Å². The fraction of sp³-hybridized carbons (Fsp3) is 0.0909. The van der Waals surface area contributed by atoms with Crippen LogP contribution in [-0.2, 0) is 10.0 Å². The van der Waals surface area contributed by atoms with Crippen molar-refractivity contribution in [3.8, 4) is 0 Å². The Morgan fingerprint density at radius 3 is 2.46 bits per heavy atom. The molecule has 0 aliphatic carbocycles. The molecule has 142 valence electrons. The highest BCUT2D eigenvalue weighted by molar-refractivity contribution is 7.89. The third-order valence-corrected chi connectivity index (χ3v) is 6.20. The van der Waals surface area contributed by atoms with Crippen molar-refractivity contribution in [1.29, 1.82) is 0 Å². The molecule has 4 rings (SSSR count). The first-order valence-electron chi connectivity index (χ1n) is 8.91. The van der Waals surface area contributed by atoms with Gasteiger partial charge in [0.15, 0.2) is 0 Å². The van der Waals surface area contributed by atoms with Crippen LogP contribution in [0.5, 0.6) is 0 Å². The van der Waals surface area contributed by atoms with E-state index in [0.29, 0.717) is 0 Å². The quantitative estimate of drug-likeness (QED) is 0.509. The van der Waals surface area contributed by atoms with Crippen molar-refractivity contribution in [2.75, 3.05) is 6.54 Å². The van der Waals surface area contributed by atoms with Gasteiger partial charge in [0.05, 0.1) is 4.90 Å². The first-order chi connectivity index (χ1) is 13.5. The van der Waals surface area contributed by atoms with Crippen molar-refractivity contribution in [1.82, 2.24) is 9.71 Å². The molecule has 6 heteroatoms.